The number of H-pyrrole nitrogens is 1. The number of carbonyl (C=O) groups excluding carboxylic acids is 2. The fourth-order valence-electron chi connectivity index (χ4n) is 4.95. The number of likely N-dealkylation sites (N-methyl/N-ethyl adjacent to an activating group) is 1. The Morgan fingerprint density at radius 2 is 1.85 bits per heavy atom. The monoisotopic (exact) mass is 645 g/mol. The molecular formula is C34H33F2N5O4S. The van der Waals surface area contributed by atoms with Crippen molar-refractivity contribution in [3.8, 4) is 39.5 Å². The number of hydrogen-bond acceptors (Lipinski definition) is 7. The molecule has 0 saturated carbocycles. The van der Waals surface area contributed by atoms with Gasteiger partial charge < -0.3 is 19.7 Å². The molecule has 238 valence electrons. The number of pyridine rings is 1. The van der Waals surface area contributed by atoms with Gasteiger partial charge in [0.1, 0.15) is 35.4 Å². The molecule has 3 aromatic heterocycles. The van der Waals surface area contributed by atoms with Crippen LogP contribution in [0.15, 0.2) is 66.6 Å². The summed E-state index contributed by atoms with van der Waals surface area (Å²) in [6.07, 6.45) is 1.43. The number of thiophene rings is 1. The molecule has 0 spiro atoms. The Labute approximate surface area is 268 Å². The molecule has 2 N–H and O–H groups in total. The standard InChI is InChI=1S/C34H33F2N5O4S/c1-6-28(42)37-19(2)25-18-26(40-39-25)33-31(30-24(36)16-22(35)17-27(30)45-13-12-44-5)34-23(11-14-46-34)32(38-33)21-9-7-20(8-10-21)15-29(43)41(3)4/h6-11,14,16-19H,1,12-13,15H2,2-5H3,(H,37,42)(H,39,40). The Hall–Kier alpha value is -4.94. The topological polar surface area (TPSA) is 109 Å². The molecule has 9 nitrogen and oxygen atoms in total. The lowest BCUT2D eigenvalue weighted by atomic mass is 9.96. The van der Waals surface area contributed by atoms with Crippen LogP contribution in [0.2, 0.25) is 0 Å². The van der Waals surface area contributed by atoms with Gasteiger partial charge in [-0.3, -0.25) is 14.7 Å². The van der Waals surface area contributed by atoms with Crippen molar-refractivity contribution in [3.63, 3.8) is 0 Å². The quantitative estimate of drug-likeness (QED) is 0.122. The molecule has 12 heteroatoms. The van der Waals surface area contributed by atoms with Crippen molar-refractivity contribution in [1.29, 1.82) is 0 Å². The molecule has 1 atom stereocenters. The van der Waals surface area contributed by atoms with Crippen LogP contribution in [0.4, 0.5) is 8.78 Å². The van der Waals surface area contributed by atoms with E-state index in [-0.39, 0.29) is 42.8 Å². The highest BCUT2D eigenvalue weighted by molar-refractivity contribution is 7.18. The lowest BCUT2D eigenvalue weighted by Gasteiger charge is -2.17. The minimum atomic E-state index is -0.824. The maximum atomic E-state index is 15.9. The summed E-state index contributed by atoms with van der Waals surface area (Å²) in [4.78, 5) is 30.8. The summed E-state index contributed by atoms with van der Waals surface area (Å²) < 4.78 is 42.0. The number of ether oxygens (including phenoxy) is 2. The minimum Gasteiger partial charge on any atom is -0.490 e. The molecule has 2 amide bonds. The van der Waals surface area contributed by atoms with Gasteiger partial charge in [0.15, 0.2) is 0 Å². The first-order valence-electron chi connectivity index (χ1n) is 14.4. The van der Waals surface area contributed by atoms with E-state index in [1.165, 1.54) is 24.5 Å². The molecule has 2 aromatic carbocycles. The Morgan fingerprint density at radius 1 is 1.09 bits per heavy atom. The van der Waals surface area contributed by atoms with E-state index in [2.05, 4.69) is 22.1 Å². The van der Waals surface area contributed by atoms with Crippen LogP contribution in [-0.2, 0) is 20.7 Å². The summed E-state index contributed by atoms with van der Waals surface area (Å²) in [5.41, 5.74) is 3.93. The number of rotatable bonds is 12. The van der Waals surface area contributed by atoms with Crippen LogP contribution in [0.25, 0.3) is 43.9 Å². The average molecular weight is 646 g/mol. The van der Waals surface area contributed by atoms with Crippen LogP contribution in [-0.4, -0.2) is 66.3 Å². The summed E-state index contributed by atoms with van der Waals surface area (Å²) in [6, 6.07) is 12.7. The van der Waals surface area contributed by atoms with Crippen molar-refractivity contribution in [2.45, 2.75) is 19.4 Å². The molecule has 0 fully saturated rings. The molecule has 5 rings (SSSR count). The number of halogens is 2. The highest BCUT2D eigenvalue weighted by atomic mass is 32.1. The smallest absolute Gasteiger partial charge is 0.243 e. The van der Waals surface area contributed by atoms with Crippen molar-refractivity contribution in [3.05, 3.63) is 89.5 Å². The van der Waals surface area contributed by atoms with Crippen molar-refractivity contribution >= 4 is 33.2 Å². The summed E-state index contributed by atoms with van der Waals surface area (Å²) >= 11 is 1.38. The van der Waals surface area contributed by atoms with Gasteiger partial charge in [-0.1, -0.05) is 30.8 Å². The molecule has 0 radical (unpaired) electrons. The zero-order valence-corrected chi connectivity index (χ0v) is 26.6. The van der Waals surface area contributed by atoms with E-state index < -0.39 is 17.7 Å². The van der Waals surface area contributed by atoms with E-state index in [1.54, 1.807) is 32.0 Å². The number of carbonyl (C=O) groups is 2. The first-order valence-corrected chi connectivity index (χ1v) is 15.3. The average Bonchev–Trinajstić information content (AvgIpc) is 3.72. The summed E-state index contributed by atoms with van der Waals surface area (Å²) in [6.45, 7) is 5.56. The van der Waals surface area contributed by atoms with Gasteiger partial charge in [0.2, 0.25) is 11.8 Å². The molecule has 5 aromatic rings. The molecule has 0 aliphatic rings. The van der Waals surface area contributed by atoms with Gasteiger partial charge in [-0.15, -0.1) is 11.3 Å². The molecular weight excluding hydrogens is 612 g/mol. The maximum Gasteiger partial charge on any atom is 0.243 e. The predicted molar refractivity (Wildman–Crippen MR) is 175 cm³/mol. The van der Waals surface area contributed by atoms with Crippen LogP contribution in [0.3, 0.4) is 0 Å². The summed E-state index contributed by atoms with van der Waals surface area (Å²) in [7, 11) is 4.93. The van der Waals surface area contributed by atoms with Gasteiger partial charge in [-0.25, -0.2) is 13.8 Å². The second-order valence-electron chi connectivity index (χ2n) is 10.8. The third-order valence-electron chi connectivity index (χ3n) is 7.35. The van der Waals surface area contributed by atoms with Gasteiger partial charge in [-0.2, -0.15) is 5.10 Å². The first kappa shape index (κ1) is 32.5. The first-order chi connectivity index (χ1) is 22.1. The van der Waals surface area contributed by atoms with Crippen LogP contribution in [0, 0.1) is 11.6 Å². The van der Waals surface area contributed by atoms with E-state index in [4.69, 9.17) is 14.5 Å². The number of aromatic amines is 1. The van der Waals surface area contributed by atoms with Crippen LogP contribution in [0.5, 0.6) is 5.75 Å². The zero-order valence-electron chi connectivity index (χ0n) is 25.8. The number of nitrogens with zero attached hydrogens (tertiary/aromatic N) is 3. The van der Waals surface area contributed by atoms with Crippen LogP contribution in [0.1, 0.15) is 24.2 Å². The zero-order chi connectivity index (χ0) is 33.0. The SMILES string of the molecule is C=CC(=O)NC(C)c1cc(-c2nc(-c3ccc(CC(=O)N(C)C)cc3)c3ccsc3c2-c2c(F)cc(F)cc2OCCOC)n[nH]1. The number of methoxy groups -OCH3 is 1. The van der Waals surface area contributed by atoms with Crippen molar-refractivity contribution in [2.24, 2.45) is 0 Å². The summed E-state index contributed by atoms with van der Waals surface area (Å²) in [5, 5.41) is 12.9. The highest BCUT2D eigenvalue weighted by Crippen LogP contribution is 2.47. The van der Waals surface area contributed by atoms with Crippen molar-refractivity contribution in [2.75, 3.05) is 34.4 Å². The molecule has 46 heavy (non-hydrogen) atoms. The van der Waals surface area contributed by atoms with Crippen LogP contribution < -0.4 is 10.1 Å². The van der Waals surface area contributed by atoms with Gasteiger partial charge in [0.05, 0.1) is 36.0 Å². The Bertz CT molecular complexity index is 1900. The third kappa shape index (κ3) is 6.82. The number of benzene rings is 2. The summed E-state index contributed by atoms with van der Waals surface area (Å²) in [5.74, 6) is -1.99. The van der Waals surface area contributed by atoms with E-state index in [0.717, 1.165) is 28.6 Å². The number of amides is 2. The minimum absolute atomic E-state index is 0.00247. The van der Waals surface area contributed by atoms with E-state index in [9.17, 15) is 14.0 Å². The Kier molecular flexibility index (Phi) is 9.88. The molecule has 0 saturated heterocycles. The molecule has 0 bridgehead atoms. The van der Waals surface area contributed by atoms with E-state index in [0.29, 0.717) is 33.0 Å². The Morgan fingerprint density at radius 3 is 2.54 bits per heavy atom. The van der Waals surface area contributed by atoms with Crippen molar-refractivity contribution < 1.29 is 27.8 Å². The van der Waals surface area contributed by atoms with E-state index >= 15 is 4.39 Å². The second kappa shape index (κ2) is 14.0. The largest absolute Gasteiger partial charge is 0.490 e. The van der Waals surface area contributed by atoms with Crippen LogP contribution >= 0.6 is 11.3 Å². The highest BCUT2D eigenvalue weighted by Gasteiger charge is 2.27. The number of fused-ring (bicyclic) bond motifs is 1. The van der Waals surface area contributed by atoms with Crippen molar-refractivity contribution in [1.82, 2.24) is 25.4 Å². The van der Waals surface area contributed by atoms with Gasteiger partial charge in [0, 0.05) is 54.6 Å². The van der Waals surface area contributed by atoms with Gasteiger partial charge in [-0.05, 0) is 36.1 Å². The molecule has 1 unspecified atom stereocenters. The normalized spacial score (nSPS) is 11.8. The second-order valence-corrected chi connectivity index (χ2v) is 11.7. The molecule has 0 aliphatic heterocycles. The van der Waals surface area contributed by atoms with E-state index in [1.807, 2.05) is 35.7 Å². The third-order valence-corrected chi connectivity index (χ3v) is 8.29. The van der Waals surface area contributed by atoms with Gasteiger partial charge in [0.25, 0.3) is 0 Å². The lowest BCUT2D eigenvalue weighted by Crippen LogP contribution is -2.24. The number of aromatic nitrogens is 3. The predicted octanol–water partition coefficient (Wildman–Crippen LogP) is 6.32. The Balaban J connectivity index is 1.72. The number of nitrogens with one attached hydrogen (secondary N) is 2. The fraction of sp³-hybridized carbons (Fsp3) is 0.235. The maximum absolute atomic E-state index is 15.9. The number of hydrogen-bond donors (Lipinski definition) is 2. The molecule has 3 heterocycles. The molecule has 0 aliphatic carbocycles. The fourth-order valence-corrected chi connectivity index (χ4v) is 5.90. The van der Waals surface area contributed by atoms with Gasteiger partial charge >= 0.3 is 0 Å². The lowest BCUT2D eigenvalue weighted by molar-refractivity contribution is -0.128.